The number of hydrogen-bond acceptors (Lipinski definition) is 2. The highest BCUT2D eigenvalue weighted by molar-refractivity contribution is 8.14. The molecule has 0 saturated heterocycles. The monoisotopic (exact) mass is 181 g/mol. The summed E-state index contributed by atoms with van der Waals surface area (Å²) < 4.78 is 35.7. The Kier molecular flexibility index (Phi) is 2.27. The van der Waals surface area contributed by atoms with Gasteiger partial charge in [0.2, 0.25) is 0 Å². The summed E-state index contributed by atoms with van der Waals surface area (Å²) in [5.74, 6) is 0.387. The van der Waals surface area contributed by atoms with Crippen molar-refractivity contribution in [1.29, 1.82) is 0 Å². The van der Waals surface area contributed by atoms with E-state index in [2.05, 4.69) is 4.99 Å². The van der Waals surface area contributed by atoms with Crippen molar-refractivity contribution in [2.45, 2.75) is 13.1 Å². The Morgan fingerprint density at radius 3 is 2.55 bits per heavy atom. The number of alkyl halides is 3. The lowest BCUT2D eigenvalue weighted by Crippen LogP contribution is -2.21. The van der Waals surface area contributed by atoms with Gasteiger partial charge in [-0.2, -0.15) is 13.2 Å². The molecule has 0 fully saturated rings. The fourth-order valence-electron chi connectivity index (χ4n) is 0.581. The van der Waals surface area contributed by atoms with Crippen molar-refractivity contribution in [3.63, 3.8) is 0 Å². The van der Waals surface area contributed by atoms with E-state index < -0.39 is 11.2 Å². The van der Waals surface area contributed by atoms with Gasteiger partial charge in [0, 0.05) is 12.0 Å². The molecule has 0 saturated carbocycles. The second-order valence-corrected chi connectivity index (χ2v) is 3.16. The highest BCUT2D eigenvalue weighted by Crippen LogP contribution is 2.28. The van der Waals surface area contributed by atoms with E-state index in [1.54, 1.807) is 6.92 Å². The zero-order valence-corrected chi connectivity index (χ0v) is 6.59. The molecule has 1 aliphatic rings. The van der Waals surface area contributed by atoms with E-state index in [1.807, 2.05) is 0 Å². The lowest BCUT2D eigenvalue weighted by Gasteiger charge is -2.12. The number of halogens is 3. The van der Waals surface area contributed by atoms with Crippen molar-refractivity contribution >= 4 is 16.8 Å². The third-order valence-corrected chi connectivity index (χ3v) is 2.29. The molecule has 62 valence electrons. The predicted molar refractivity (Wildman–Crippen MR) is 39.7 cm³/mol. The van der Waals surface area contributed by atoms with E-state index in [4.69, 9.17) is 0 Å². The normalized spacial score (nSPS) is 19.3. The average molecular weight is 181 g/mol. The van der Waals surface area contributed by atoms with Crippen molar-refractivity contribution in [2.75, 3.05) is 5.75 Å². The van der Waals surface area contributed by atoms with E-state index in [1.165, 1.54) is 6.20 Å². The van der Waals surface area contributed by atoms with Crippen molar-refractivity contribution in [2.24, 2.45) is 4.99 Å². The maximum atomic E-state index is 11.9. The fraction of sp³-hybridized carbons (Fsp3) is 0.500. The molecule has 0 aromatic carbocycles. The summed E-state index contributed by atoms with van der Waals surface area (Å²) in [5, 5.41) is -0.747. The maximum absolute atomic E-state index is 11.9. The van der Waals surface area contributed by atoms with Gasteiger partial charge in [-0.25, -0.2) is 4.99 Å². The molecule has 0 unspecified atom stereocenters. The molecule has 0 radical (unpaired) electrons. The van der Waals surface area contributed by atoms with Crippen LogP contribution < -0.4 is 0 Å². The number of aliphatic imine (C=N–C) groups is 1. The van der Waals surface area contributed by atoms with E-state index in [9.17, 15) is 13.2 Å². The van der Waals surface area contributed by atoms with Crippen LogP contribution in [-0.2, 0) is 0 Å². The van der Waals surface area contributed by atoms with Crippen molar-refractivity contribution < 1.29 is 13.2 Å². The molecular weight excluding hydrogens is 175 g/mol. The van der Waals surface area contributed by atoms with Gasteiger partial charge in [-0.15, -0.1) is 0 Å². The molecule has 0 N–H and O–H groups in total. The van der Waals surface area contributed by atoms with Crippen LogP contribution in [0.15, 0.2) is 16.8 Å². The summed E-state index contributed by atoms with van der Waals surface area (Å²) >= 11 is 0.735. The predicted octanol–water partition coefficient (Wildman–Crippen LogP) is 2.60. The van der Waals surface area contributed by atoms with E-state index in [0.717, 1.165) is 17.3 Å². The van der Waals surface area contributed by atoms with Gasteiger partial charge < -0.3 is 0 Å². The first-order valence-corrected chi connectivity index (χ1v) is 3.92. The zero-order chi connectivity index (χ0) is 8.48. The van der Waals surface area contributed by atoms with Crippen molar-refractivity contribution in [1.82, 2.24) is 0 Å². The Bertz CT molecular complexity index is 216. The second kappa shape index (κ2) is 2.89. The van der Waals surface area contributed by atoms with Gasteiger partial charge in [0.15, 0.2) is 5.04 Å². The van der Waals surface area contributed by atoms with Crippen LogP contribution >= 0.6 is 11.8 Å². The van der Waals surface area contributed by atoms with E-state index in [-0.39, 0.29) is 0 Å². The molecule has 0 atom stereocenters. The number of hydrogen-bond donors (Lipinski definition) is 0. The molecular formula is C6H6F3NS. The Hall–Kier alpha value is -0.450. The lowest BCUT2D eigenvalue weighted by atomic mass is 10.4. The van der Waals surface area contributed by atoms with Gasteiger partial charge >= 0.3 is 6.18 Å². The van der Waals surface area contributed by atoms with Gasteiger partial charge in [-0.05, 0) is 12.5 Å². The minimum atomic E-state index is -4.28. The molecule has 1 heterocycles. The standard InChI is InChI=1S/C6H6F3NS/c1-4-2-10-5(11-3-4)6(7,8)9/h2H,3H2,1H3. The summed E-state index contributed by atoms with van der Waals surface area (Å²) in [6.07, 6.45) is -3.01. The molecule has 0 bridgehead atoms. The average Bonchev–Trinajstić information content (AvgIpc) is 1.86. The molecule has 1 rings (SSSR count). The van der Waals surface area contributed by atoms with Crippen LogP contribution in [0.1, 0.15) is 6.92 Å². The molecule has 0 spiro atoms. The van der Waals surface area contributed by atoms with Crippen LogP contribution in [0.2, 0.25) is 0 Å². The minimum Gasteiger partial charge on any atom is -0.245 e. The quantitative estimate of drug-likeness (QED) is 0.559. The second-order valence-electron chi connectivity index (χ2n) is 2.20. The van der Waals surface area contributed by atoms with E-state index in [0.29, 0.717) is 5.75 Å². The summed E-state index contributed by atoms with van der Waals surface area (Å²) in [7, 11) is 0. The Labute approximate surface area is 66.4 Å². The summed E-state index contributed by atoms with van der Waals surface area (Å²) in [5.41, 5.74) is 0.864. The smallest absolute Gasteiger partial charge is 0.245 e. The van der Waals surface area contributed by atoms with Crippen LogP contribution in [0.3, 0.4) is 0 Å². The maximum Gasteiger partial charge on any atom is 0.439 e. The minimum absolute atomic E-state index is 0.387. The highest BCUT2D eigenvalue weighted by atomic mass is 32.2. The van der Waals surface area contributed by atoms with Gasteiger partial charge in [-0.3, -0.25) is 0 Å². The van der Waals surface area contributed by atoms with Gasteiger partial charge in [0.05, 0.1) is 0 Å². The zero-order valence-electron chi connectivity index (χ0n) is 5.77. The number of thioether (sulfide) groups is 1. The molecule has 1 aliphatic heterocycles. The van der Waals surface area contributed by atoms with Gasteiger partial charge in [0.1, 0.15) is 0 Å². The molecule has 0 aromatic rings. The Balaban J connectivity index is 2.77. The van der Waals surface area contributed by atoms with E-state index >= 15 is 0 Å². The molecule has 1 nitrogen and oxygen atoms in total. The molecule has 0 amide bonds. The number of rotatable bonds is 0. The number of nitrogens with zero attached hydrogens (tertiary/aromatic N) is 1. The molecule has 11 heavy (non-hydrogen) atoms. The Morgan fingerprint density at radius 2 is 2.18 bits per heavy atom. The lowest BCUT2D eigenvalue weighted by molar-refractivity contribution is -0.0554. The van der Waals surface area contributed by atoms with Crippen LogP contribution in [-0.4, -0.2) is 17.0 Å². The highest BCUT2D eigenvalue weighted by Gasteiger charge is 2.36. The third kappa shape index (κ3) is 2.25. The molecule has 5 heteroatoms. The Morgan fingerprint density at radius 1 is 1.55 bits per heavy atom. The molecule has 0 aromatic heterocycles. The molecule has 0 aliphatic carbocycles. The summed E-state index contributed by atoms with van der Waals surface area (Å²) in [4.78, 5) is 3.27. The summed E-state index contributed by atoms with van der Waals surface area (Å²) in [6.45, 7) is 1.75. The third-order valence-electron chi connectivity index (χ3n) is 1.08. The largest absolute Gasteiger partial charge is 0.439 e. The van der Waals surface area contributed by atoms with Crippen LogP contribution in [0.5, 0.6) is 0 Å². The first-order valence-electron chi connectivity index (χ1n) is 2.93. The topological polar surface area (TPSA) is 12.4 Å². The fourth-order valence-corrected chi connectivity index (χ4v) is 1.31. The van der Waals surface area contributed by atoms with Crippen molar-refractivity contribution in [3.8, 4) is 0 Å². The first kappa shape index (κ1) is 8.64. The van der Waals surface area contributed by atoms with Gasteiger partial charge in [0.25, 0.3) is 0 Å². The summed E-state index contributed by atoms with van der Waals surface area (Å²) in [6, 6.07) is 0. The van der Waals surface area contributed by atoms with Crippen LogP contribution in [0.25, 0.3) is 0 Å². The van der Waals surface area contributed by atoms with Gasteiger partial charge in [-0.1, -0.05) is 11.8 Å². The van der Waals surface area contributed by atoms with Crippen LogP contribution in [0, 0.1) is 0 Å². The van der Waals surface area contributed by atoms with Crippen LogP contribution in [0.4, 0.5) is 13.2 Å². The van der Waals surface area contributed by atoms with Crippen molar-refractivity contribution in [3.05, 3.63) is 11.8 Å². The first-order chi connectivity index (χ1) is 5.00. The SMILES string of the molecule is CC1=CN=C(C(F)(F)F)SC1.